The van der Waals surface area contributed by atoms with Crippen LogP contribution in [-0.2, 0) is 19.1 Å². The van der Waals surface area contributed by atoms with Gasteiger partial charge in [0.1, 0.15) is 11.8 Å². The topological polar surface area (TPSA) is 84.9 Å². The van der Waals surface area contributed by atoms with Crippen LogP contribution in [0.2, 0.25) is 5.02 Å². The van der Waals surface area contributed by atoms with Crippen molar-refractivity contribution in [2.24, 2.45) is 0 Å². The third-order valence-electron chi connectivity index (χ3n) is 4.80. The number of benzene rings is 1. The summed E-state index contributed by atoms with van der Waals surface area (Å²) in [5.41, 5.74) is 0.386. The number of rotatable bonds is 5. The number of anilines is 1. The number of nitrogens with one attached hydrogen (secondary N) is 1. The Kier molecular flexibility index (Phi) is 5.58. The fraction of sp³-hybridized carbons (Fsp3) is 0.500. The molecule has 1 N–H and O–H groups in total. The monoisotopic (exact) mass is 412 g/mol. The highest BCUT2D eigenvalue weighted by Gasteiger charge is 2.53. The highest BCUT2D eigenvalue weighted by molar-refractivity contribution is 8.01. The van der Waals surface area contributed by atoms with Crippen molar-refractivity contribution in [3.05, 3.63) is 23.2 Å². The second kappa shape index (κ2) is 7.59. The molecule has 2 amide bonds. The smallest absolute Gasteiger partial charge is 0.330 e. The number of esters is 1. The first kappa shape index (κ1) is 19.8. The van der Waals surface area contributed by atoms with Crippen LogP contribution in [-0.4, -0.2) is 52.6 Å². The number of ether oxygens (including phenoxy) is 2. The van der Waals surface area contributed by atoms with E-state index in [4.69, 9.17) is 21.1 Å². The summed E-state index contributed by atoms with van der Waals surface area (Å²) in [5, 5.41) is 3.08. The van der Waals surface area contributed by atoms with E-state index in [1.807, 2.05) is 6.92 Å². The largest absolute Gasteiger partial charge is 0.495 e. The van der Waals surface area contributed by atoms with Crippen molar-refractivity contribution < 1.29 is 23.9 Å². The first-order chi connectivity index (χ1) is 12.7. The molecule has 0 radical (unpaired) electrons. The van der Waals surface area contributed by atoms with E-state index < -0.39 is 24.0 Å². The molecule has 146 valence electrons. The molecule has 2 aliphatic heterocycles. The molecule has 3 rings (SSSR count). The molecule has 2 aliphatic rings. The molecule has 7 nitrogen and oxygen atoms in total. The maximum atomic E-state index is 12.6. The van der Waals surface area contributed by atoms with Gasteiger partial charge in [0.05, 0.1) is 17.7 Å². The van der Waals surface area contributed by atoms with Crippen LogP contribution < -0.4 is 10.1 Å². The van der Waals surface area contributed by atoms with Gasteiger partial charge in [0, 0.05) is 17.2 Å². The first-order valence-corrected chi connectivity index (χ1v) is 9.92. The summed E-state index contributed by atoms with van der Waals surface area (Å²) in [6.07, 6.45) is 0.110. The fourth-order valence-corrected chi connectivity index (χ4v) is 4.90. The lowest BCUT2D eigenvalue weighted by molar-refractivity contribution is -0.160. The molecule has 2 saturated heterocycles. The molecule has 2 fully saturated rings. The van der Waals surface area contributed by atoms with Crippen molar-refractivity contribution in [3.63, 3.8) is 0 Å². The van der Waals surface area contributed by atoms with E-state index in [0.29, 0.717) is 35.1 Å². The number of hydrogen-bond donors (Lipinski definition) is 1. The molecule has 3 atom stereocenters. The Labute approximate surface area is 166 Å². The van der Waals surface area contributed by atoms with E-state index in [9.17, 15) is 14.4 Å². The summed E-state index contributed by atoms with van der Waals surface area (Å²) >= 11 is 7.53. The van der Waals surface area contributed by atoms with Gasteiger partial charge in [-0.1, -0.05) is 11.6 Å². The number of halogens is 1. The summed E-state index contributed by atoms with van der Waals surface area (Å²) < 4.78 is 10.5. The number of thioether (sulfide) groups is 1. The van der Waals surface area contributed by atoms with E-state index in [1.165, 1.54) is 14.0 Å². The van der Waals surface area contributed by atoms with E-state index in [1.54, 1.807) is 34.9 Å². The summed E-state index contributed by atoms with van der Waals surface area (Å²) in [7, 11) is 1.48. The molecule has 0 saturated carbocycles. The number of methoxy groups -OCH3 is 1. The van der Waals surface area contributed by atoms with Crippen LogP contribution in [0.5, 0.6) is 5.75 Å². The summed E-state index contributed by atoms with van der Waals surface area (Å²) in [6, 6.07) is 4.16. The van der Waals surface area contributed by atoms with Gasteiger partial charge in [-0.15, -0.1) is 11.8 Å². The molecule has 1 aromatic rings. The molecule has 0 aromatic heterocycles. The van der Waals surface area contributed by atoms with E-state index in [-0.39, 0.29) is 10.8 Å². The van der Waals surface area contributed by atoms with Gasteiger partial charge in [-0.3, -0.25) is 9.59 Å². The maximum absolute atomic E-state index is 12.6. The molecular weight excluding hydrogens is 392 g/mol. The van der Waals surface area contributed by atoms with E-state index in [2.05, 4.69) is 5.32 Å². The second-order valence-corrected chi connectivity index (χ2v) is 8.62. The van der Waals surface area contributed by atoms with E-state index >= 15 is 0 Å². The van der Waals surface area contributed by atoms with Crippen LogP contribution in [0.15, 0.2) is 18.2 Å². The van der Waals surface area contributed by atoms with Crippen LogP contribution in [0.3, 0.4) is 0 Å². The lowest BCUT2D eigenvalue weighted by Crippen LogP contribution is -2.48. The number of fused-ring (bicyclic) bond motifs is 1. The van der Waals surface area contributed by atoms with Crippen LogP contribution in [0.1, 0.15) is 26.7 Å². The highest BCUT2D eigenvalue weighted by Crippen LogP contribution is 2.47. The van der Waals surface area contributed by atoms with Crippen molar-refractivity contribution in [1.29, 1.82) is 0 Å². The fourth-order valence-electron chi connectivity index (χ4n) is 3.31. The molecule has 9 heteroatoms. The number of amides is 2. The van der Waals surface area contributed by atoms with Crippen molar-refractivity contribution in [1.82, 2.24) is 4.90 Å². The molecule has 27 heavy (non-hydrogen) atoms. The predicted molar refractivity (Wildman–Crippen MR) is 103 cm³/mol. The Hall–Kier alpha value is -1.93. The van der Waals surface area contributed by atoms with Crippen LogP contribution in [0, 0.1) is 0 Å². The van der Waals surface area contributed by atoms with Crippen molar-refractivity contribution in [2.75, 3.05) is 18.2 Å². The number of carbonyl (C=O) groups is 3. The van der Waals surface area contributed by atoms with Gasteiger partial charge in [0.15, 0.2) is 6.10 Å². The Balaban J connectivity index is 1.64. The van der Waals surface area contributed by atoms with Gasteiger partial charge < -0.3 is 19.7 Å². The lowest BCUT2D eigenvalue weighted by atomic mass is 10.2. The third-order valence-corrected chi connectivity index (χ3v) is 6.54. The van der Waals surface area contributed by atoms with Crippen LogP contribution in [0.4, 0.5) is 5.69 Å². The Bertz CT molecular complexity index is 789. The SMILES string of the molecule is COc1ccc(Cl)cc1NC(=O)[C@@H](C)OC(=O)[C@H]1CS[C@@]2(C)CCC(=O)N12. The van der Waals surface area contributed by atoms with Crippen molar-refractivity contribution in [2.45, 2.75) is 43.7 Å². The van der Waals surface area contributed by atoms with Gasteiger partial charge in [-0.25, -0.2) is 4.79 Å². The molecule has 0 spiro atoms. The minimum Gasteiger partial charge on any atom is -0.495 e. The zero-order valence-corrected chi connectivity index (χ0v) is 16.9. The normalized spacial score (nSPS) is 25.1. The zero-order chi connectivity index (χ0) is 19.8. The second-order valence-electron chi connectivity index (χ2n) is 6.68. The van der Waals surface area contributed by atoms with Crippen LogP contribution in [0.25, 0.3) is 0 Å². The van der Waals surface area contributed by atoms with Gasteiger partial charge in [0.25, 0.3) is 5.91 Å². The predicted octanol–water partition coefficient (Wildman–Crippen LogP) is 2.67. The quantitative estimate of drug-likeness (QED) is 0.748. The minimum atomic E-state index is -1.03. The zero-order valence-electron chi connectivity index (χ0n) is 15.3. The standard InChI is InChI=1S/C18H21ClN2O5S/c1-10(16(23)20-12-8-11(19)4-5-14(12)25-3)26-17(24)13-9-27-18(2)7-6-15(22)21(13)18/h4-5,8,10,13H,6-7,9H2,1-3H3,(H,20,23)/t10-,13-,18+/m1/s1. The molecule has 0 bridgehead atoms. The minimum absolute atomic E-state index is 0.0507. The average Bonchev–Trinajstić information content (AvgIpc) is 3.11. The molecule has 0 aliphatic carbocycles. The third kappa shape index (κ3) is 3.87. The molecular formula is C18H21ClN2O5S. The maximum Gasteiger partial charge on any atom is 0.330 e. The molecule has 1 aromatic carbocycles. The van der Waals surface area contributed by atoms with Gasteiger partial charge in [0.2, 0.25) is 5.91 Å². The van der Waals surface area contributed by atoms with Gasteiger partial charge in [-0.05, 0) is 38.5 Å². The lowest BCUT2D eigenvalue weighted by Gasteiger charge is -2.29. The van der Waals surface area contributed by atoms with Gasteiger partial charge in [-0.2, -0.15) is 0 Å². The molecule has 2 heterocycles. The Morgan fingerprint density at radius 3 is 2.89 bits per heavy atom. The average molecular weight is 413 g/mol. The van der Waals surface area contributed by atoms with Crippen LogP contribution >= 0.6 is 23.4 Å². The van der Waals surface area contributed by atoms with Gasteiger partial charge >= 0.3 is 5.97 Å². The van der Waals surface area contributed by atoms with E-state index in [0.717, 1.165) is 0 Å². The Morgan fingerprint density at radius 2 is 2.19 bits per heavy atom. The number of carbonyl (C=O) groups excluding carboxylic acids is 3. The summed E-state index contributed by atoms with van der Waals surface area (Å²) in [6.45, 7) is 3.44. The summed E-state index contributed by atoms with van der Waals surface area (Å²) in [4.78, 5) is 38.4. The first-order valence-electron chi connectivity index (χ1n) is 8.56. The van der Waals surface area contributed by atoms with Crippen molar-refractivity contribution in [3.8, 4) is 5.75 Å². The highest BCUT2D eigenvalue weighted by atomic mass is 35.5. The Morgan fingerprint density at radius 1 is 1.44 bits per heavy atom. The number of nitrogens with zero attached hydrogens (tertiary/aromatic N) is 1. The van der Waals surface area contributed by atoms with Crippen molar-refractivity contribution >= 4 is 46.8 Å². The number of hydrogen-bond acceptors (Lipinski definition) is 6. The summed E-state index contributed by atoms with van der Waals surface area (Å²) in [5.74, 6) is -0.216. The molecule has 0 unspecified atom stereocenters.